The maximum Gasteiger partial charge on any atom is 0.264 e. The Bertz CT molecular complexity index is 2680. The fourth-order valence-corrected chi connectivity index (χ4v) is 14.5. The monoisotopic (exact) mass is 845 g/mol. The summed E-state index contributed by atoms with van der Waals surface area (Å²) in [5.74, 6) is 0.537. The van der Waals surface area contributed by atoms with Gasteiger partial charge in [0.05, 0.1) is 64.9 Å². The van der Waals surface area contributed by atoms with Crippen LogP contribution >= 0.6 is 0 Å². The summed E-state index contributed by atoms with van der Waals surface area (Å²) in [6, 6.07) is 43.1. The van der Waals surface area contributed by atoms with Gasteiger partial charge in [0.1, 0.15) is 11.5 Å². The van der Waals surface area contributed by atoms with Crippen molar-refractivity contribution in [2.45, 2.75) is 56.8 Å². The molecule has 0 radical (unpaired) electrons. The summed E-state index contributed by atoms with van der Waals surface area (Å²) in [6.07, 6.45) is -0.598. The standard InChI is InChI=1S/C51H51N3O7Si/c1-33-48(62(4,5)40-23-20-38(59-2)21-24-40)45(30-46(56)52(26-27-55)31-34-12-7-6-8-13-34)61-51(33)42-29-39(60-3)22-25-43(42)53(50(51)58)32-35-14-9-17-37(28-35)54-44-19-11-16-36-15-10-18-41(47(36)44)49(54)57/h6-25,28-29,33,45,48,55H,26-27,30-32H2,1-5H3/t33-,45+,48-,51+/m1/s1. The molecule has 6 aromatic carbocycles. The van der Waals surface area contributed by atoms with Crippen molar-refractivity contribution in [1.29, 1.82) is 0 Å². The molecule has 10 nitrogen and oxygen atoms in total. The minimum Gasteiger partial charge on any atom is -0.497 e. The molecule has 11 heteroatoms. The number of ether oxygens (including phenoxy) is 3. The number of anilines is 3. The molecule has 0 aliphatic carbocycles. The van der Waals surface area contributed by atoms with Gasteiger partial charge in [0.25, 0.3) is 11.8 Å². The van der Waals surface area contributed by atoms with E-state index in [0.717, 1.165) is 38.5 Å². The fourth-order valence-electron chi connectivity index (χ4n) is 10.4. The molecule has 4 atom stereocenters. The molecule has 316 valence electrons. The number of rotatable bonds is 13. The summed E-state index contributed by atoms with van der Waals surface area (Å²) in [5.41, 5.74) is 3.80. The highest BCUT2D eigenvalue weighted by atomic mass is 28.3. The number of benzene rings is 6. The Morgan fingerprint density at radius 1 is 0.806 bits per heavy atom. The molecule has 0 bridgehead atoms. The smallest absolute Gasteiger partial charge is 0.264 e. The Morgan fingerprint density at radius 2 is 1.50 bits per heavy atom. The second-order valence-corrected chi connectivity index (χ2v) is 21.8. The lowest BCUT2D eigenvalue weighted by atomic mass is 9.82. The quantitative estimate of drug-likeness (QED) is 0.117. The molecule has 0 saturated carbocycles. The number of aliphatic hydroxyl groups excluding tert-OH is 1. The average Bonchev–Trinajstić information content (AvgIpc) is 3.84. The molecule has 6 aromatic rings. The van der Waals surface area contributed by atoms with Crippen molar-refractivity contribution in [2.24, 2.45) is 5.92 Å². The zero-order valence-electron chi connectivity index (χ0n) is 35.7. The van der Waals surface area contributed by atoms with E-state index in [1.54, 1.807) is 28.9 Å². The third kappa shape index (κ3) is 6.75. The lowest BCUT2D eigenvalue weighted by Gasteiger charge is -2.37. The van der Waals surface area contributed by atoms with Gasteiger partial charge in [0, 0.05) is 35.6 Å². The van der Waals surface area contributed by atoms with Crippen LogP contribution in [0.4, 0.5) is 17.1 Å². The highest BCUT2D eigenvalue weighted by Gasteiger charge is 2.66. The molecule has 0 unspecified atom stereocenters. The third-order valence-corrected chi connectivity index (χ3v) is 17.8. The van der Waals surface area contributed by atoms with Gasteiger partial charge in [0.2, 0.25) is 5.91 Å². The van der Waals surface area contributed by atoms with Crippen LogP contribution in [0, 0.1) is 5.92 Å². The number of hydrogen-bond acceptors (Lipinski definition) is 7. The van der Waals surface area contributed by atoms with Gasteiger partial charge in [0.15, 0.2) is 5.60 Å². The largest absolute Gasteiger partial charge is 0.497 e. The molecule has 1 spiro atoms. The fraction of sp³-hybridized carbons (Fsp3) is 0.275. The molecule has 3 aliphatic heterocycles. The predicted molar refractivity (Wildman–Crippen MR) is 244 cm³/mol. The maximum absolute atomic E-state index is 15.6. The highest BCUT2D eigenvalue weighted by Crippen LogP contribution is 2.60. The van der Waals surface area contributed by atoms with E-state index in [1.165, 1.54) is 0 Å². The van der Waals surface area contributed by atoms with Gasteiger partial charge in [-0.2, -0.15) is 0 Å². The zero-order chi connectivity index (χ0) is 43.3. The summed E-state index contributed by atoms with van der Waals surface area (Å²) >= 11 is 0. The van der Waals surface area contributed by atoms with Crippen molar-refractivity contribution in [1.82, 2.24) is 4.90 Å². The van der Waals surface area contributed by atoms with Crippen LogP contribution in [0.15, 0.2) is 133 Å². The van der Waals surface area contributed by atoms with E-state index in [9.17, 15) is 14.7 Å². The van der Waals surface area contributed by atoms with Crippen LogP contribution in [0.2, 0.25) is 18.6 Å². The van der Waals surface area contributed by atoms with Gasteiger partial charge in [-0.05, 0) is 76.7 Å². The first-order valence-corrected chi connectivity index (χ1v) is 24.3. The van der Waals surface area contributed by atoms with Gasteiger partial charge in [-0.25, -0.2) is 0 Å². The summed E-state index contributed by atoms with van der Waals surface area (Å²) in [5, 5.41) is 13.2. The van der Waals surface area contributed by atoms with E-state index in [0.29, 0.717) is 34.8 Å². The number of nitrogens with zero attached hydrogens (tertiary/aromatic N) is 3. The lowest BCUT2D eigenvalue weighted by Crippen LogP contribution is -2.52. The lowest BCUT2D eigenvalue weighted by molar-refractivity contribution is -0.150. The molecule has 3 aliphatic rings. The molecule has 1 saturated heterocycles. The van der Waals surface area contributed by atoms with Crippen molar-refractivity contribution in [3.05, 3.63) is 156 Å². The van der Waals surface area contributed by atoms with Crippen LogP contribution in [0.1, 0.15) is 40.4 Å². The second-order valence-electron chi connectivity index (χ2n) is 17.2. The summed E-state index contributed by atoms with van der Waals surface area (Å²) in [4.78, 5) is 49.3. The predicted octanol–water partition coefficient (Wildman–Crippen LogP) is 8.32. The molecule has 62 heavy (non-hydrogen) atoms. The molecule has 3 heterocycles. The Kier molecular flexibility index (Phi) is 10.7. The van der Waals surface area contributed by atoms with Crippen LogP contribution in [-0.4, -0.2) is 69.3 Å². The van der Waals surface area contributed by atoms with Gasteiger partial charge < -0.3 is 29.1 Å². The highest BCUT2D eigenvalue weighted by molar-refractivity contribution is 6.91. The van der Waals surface area contributed by atoms with E-state index in [1.807, 2.05) is 121 Å². The SMILES string of the molecule is COc1ccc([Si](C)(C)[C@H]2[C@H](CC(=O)N(CCO)Cc3ccccc3)O[C@@]3(C(=O)N(Cc4cccc(N5C(=O)c6cccc7cccc5c67)c4)c4ccc(OC)cc43)[C@@H]2C)cc1. The van der Waals surface area contributed by atoms with E-state index >= 15 is 4.79 Å². The molecular formula is C51H51N3O7Si. The van der Waals surface area contributed by atoms with Crippen LogP contribution in [0.5, 0.6) is 11.5 Å². The number of amides is 3. The van der Waals surface area contributed by atoms with Crippen LogP contribution in [0.3, 0.4) is 0 Å². The van der Waals surface area contributed by atoms with E-state index in [4.69, 9.17) is 14.2 Å². The third-order valence-electron chi connectivity index (χ3n) is 13.4. The van der Waals surface area contributed by atoms with Crippen molar-refractivity contribution in [3.63, 3.8) is 0 Å². The van der Waals surface area contributed by atoms with Gasteiger partial charge >= 0.3 is 0 Å². The van der Waals surface area contributed by atoms with E-state index in [2.05, 4.69) is 32.2 Å². The maximum atomic E-state index is 15.6. The van der Waals surface area contributed by atoms with Crippen LogP contribution < -0.4 is 24.5 Å². The van der Waals surface area contributed by atoms with Crippen molar-refractivity contribution in [3.8, 4) is 11.5 Å². The first-order valence-electron chi connectivity index (χ1n) is 21.2. The summed E-state index contributed by atoms with van der Waals surface area (Å²) < 4.78 is 18.6. The number of aliphatic hydroxyl groups is 1. The Labute approximate surface area is 363 Å². The minimum atomic E-state index is -2.58. The normalized spacial score (nSPS) is 20.3. The Hall–Kier alpha value is -6.27. The molecule has 3 amide bonds. The molecule has 1 fully saturated rings. The molecule has 1 N–H and O–H groups in total. The number of methoxy groups -OCH3 is 2. The van der Waals surface area contributed by atoms with Gasteiger partial charge in [-0.3, -0.25) is 19.3 Å². The van der Waals surface area contributed by atoms with E-state index in [-0.39, 0.29) is 55.3 Å². The van der Waals surface area contributed by atoms with Crippen molar-refractivity contribution < 1.29 is 33.7 Å². The van der Waals surface area contributed by atoms with E-state index < -0.39 is 19.8 Å². The number of fused-ring (bicyclic) bond motifs is 2. The van der Waals surface area contributed by atoms with Gasteiger partial charge in [-0.1, -0.05) is 104 Å². The first-order chi connectivity index (χ1) is 30.0. The molecular weight excluding hydrogens is 795 g/mol. The number of carbonyl (C=O) groups excluding carboxylic acids is 3. The number of carbonyl (C=O) groups is 3. The van der Waals surface area contributed by atoms with Crippen LogP contribution in [0.25, 0.3) is 10.8 Å². The average molecular weight is 846 g/mol. The minimum absolute atomic E-state index is 0.0316. The first kappa shape index (κ1) is 41.1. The van der Waals surface area contributed by atoms with Gasteiger partial charge in [-0.15, -0.1) is 0 Å². The second kappa shape index (κ2) is 16.2. The summed E-state index contributed by atoms with van der Waals surface area (Å²) in [7, 11) is 0.676. The zero-order valence-corrected chi connectivity index (χ0v) is 36.7. The topological polar surface area (TPSA) is 109 Å². The molecule has 9 rings (SSSR count). The Balaban J connectivity index is 1.10. The van der Waals surface area contributed by atoms with Crippen LogP contribution in [-0.2, 0) is 33.0 Å². The van der Waals surface area contributed by atoms with Crippen molar-refractivity contribution in [2.75, 3.05) is 37.2 Å². The summed E-state index contributed by atoms with van der Waals surface area (Å²) in [6.45, 7) is 7.23. The molecule has 0 aromatic heterocycles. The number of hydrogen-bond donors (Lipinski definition) is 1. The Morgan fingerprint density at radius 3 is 2.23 bits per heavy atom. The van der Waals surface area contributed by atoms with Crippen molar-refractivity contribution >= 4 is 58.8 Å².